The molecule has 1 atom stereocenters. The van der Waals surface area contributed by atoms with E-state index in [9.17, 15) is 4.39 Å². The van der Waals surface area contributed by atoms with Crippen LogP contribution in [0.2, 0.25) is 0 Å². The smallest absolute Gasteiger partial charge is 0.191 e. The van der Waals surface area contributed by atoms with Gasteiger partial charge in [0, 0.05) is 51.0 Å². The molecule has 4 rings (SSSR count). The third-order valence-corrected chi connectivity index (χ3v) is 5.51. The molecule has 1 unspecified atom stereocenters. The van der Waals surface area contributed by atoms with Crippen LogP contribution in [0.3, 0.4) is 0 Å². The molecule has 1 saturated heterocycles. The maximum atomic E-state index is 13.5. The van der Waals surface area contributed by atoms with Crippen molar-refractivity contribution in [2.75, 3.05) is 31.6 Å². The molecule has 2 aromatic heterocycles. The quantitative estimate of drug-likeness (QED) is 0.501. The van der Waals surface area contributed by atoms with Crippen molar-refractivity contribution in [3.8, 4) is 0 Å². The molecule has 7 nitrogen and oxygen atoms in total. The number of fused-ring (bicyclic) bond motifs is 1. The molecule has 0 saturated carbocycles. The molecule has 158 valence electrons. The lowest BCUT2D eigenvalue weighted by Gasteiger charge is -2.36. The summed E-state index contributed by atoms with van der Waals surface area (Å²) in [6, 6.07) is 11.2. The number of nitrogens with one attached hydrogen (secondary N) is 2. The van der Waals surface area contributed by atoms with Crippen LogP contribution in [0.4, 0.5) is 10.1 Å². The fourth-order valence-corrected chi connectivity index (χ4v) is 4.03. The second kappa shape index (κ2) is 9.11. The summed E-state index contributed by atoms with van der Waals surface area (Å²) in [6.45, 7) is 4.52. The van der Waals surface area contributed by atoms with Gasteiger partial charge in [-0.05, 0) is 55.7 Å². The van der Waals surface area contributed by atoms with Crippen LogP contribution < -0.4 is 15.5 Å². The van der Waals surface area contributed by atoms with Crippen LogP contribution >= 0.6 is 0 Å². The molecule has 0 bridgehead atoms. The zero-order valence-electron chi connectivity index (χ0n) is 17.5. The number of hydrogen-bond donors (Lipinski definition) is 2. The number of anilines is 1. The van der Waals surface area contributed by atoms with E-state index < -0.39 is 0 Å². The highest BCUT2D eigenvalue weighted by molar-refractivity contribution is 5.80. The molecular weight excluding hydrogens is 381 g/mol. The normalized spacial score (nSPS) is 17.4. The number of hydrogen-bond acceptors (Lipinski definition) is 4. The zero-order chi connectivity index (χ0) is 20.9. The van der Waals surface area contributed by atoms with E-state index in [1.807, 2.05) is 41.8 Å². The molecule has 1 aliphatic heterocycles. The van der Waals surface area contributed by atoms with E-state index in [1.54, 1.807) is 13.1 Å². The number of nitrogens with zero attached hydrogens (tertiary/aromatic N) is 5. The van der Waals surface area contributed by atoms with Gasteiger partial charge in [-0.2, -0.15) is 0 Å². The average molecular weight is 410 g/mol. The molecule has 30 heavy (non-hydrogen) atoms. The topological polar surface area (TPSA) is 69.8 Å². The van der Waals surface area contributed by atoms with Gasteiger partial charge >= 0.3 is 0 Å². The first-order valence-corrected chi connectivity index (χ1v) is 10.4. The Bertz CT molecular complexity index is 1030. The molecule has 8 heteroatoms. The fourth-order valence-electron chi connectivity index (χ4n) is 4.03. The Balaban J connectivity index is 1.32. The van der Waals surface area contributed by atoms with E-state index in [-0.39, 0.29) is 11.9 Å². The highest BCUT2D eigenvalue weighted by Gasteiger charge is 2.22. The van der Waals surface area contributed by atoms with E-state index in [1.165, 1.54) is 6.07 Å². The number of pyridine rings is 1. The number of aromatic nitrogens is 3. The van der Waals surface area contributed by atoms with Crippen LogP contribution in [0.25, 0.3) is 5.65 Å². The molecular formula is C22H28FN7. The zero-order valence-corrected chi connectivity index (χ0v) is 17.5. The Morgan fingerprint density at radius 1 is 1.27 bits per heavy atom. The van der Waals surface area contributed by atoms with Gasteiger partial charge in [0.15, 0.2) is 11.6 Å². The van der Waals surface area contributed by atoms with E-state index in [0.717, 1.165) is 61.0 Å². The molecule has 0 radical (unpaired) electrons. The summed E-state index contributed by atoms with van der Waals surface area (Å²) in [5, 5.41) is 15.4. The summed E-state index contributed by atoms with van der Waals surface area (Å²) in [5.74, 6) is 1.52. The first kappa shape index (κ1) is 20.1. The van der Waals surface area contributed by atoms with Gasteiger partial charge in [0.1, 0.15) is 11.6 Å². The van der Waals surface area contributed by atoms with Crippen molar-refractivity contribution in [1.82, 2.24) is 25.2 Å². The number of aryl methyl sites for hydroxylation is 1. The van der Waals surface area contributed by atoms with Crippen LogP contribution in [0.15, 0.2) is 47.6 Å². The van der Waals surface area contributed by atoms with Gasteiger partial charge in [-0.3, -0.25) is 9.39 Å². The molecule has 1 aromatic carbocycles. The van der Waals surface area contributed by atoms with E-state index >= 15 is 0 Å². The maximum Gasteiger partial charge on any atom is 0.191 e. The van der Waals surface area contributed by atoms with Gasteiger partial charge in [0.2, 0.25) is 0 Å². The van der Waals surface area contributed by atoms with Gasteiger partial charge in [0.25, 0.3) is 0 Å². The van der Waals surface area contributed by atoms with Crippen LogP contribution in [0.1, 0.15) is 24.2 Å². The van der Waals surface area contributed by atoms with Crippen molar-refractivity contribution in [2.45, 2.75) is 32.2 Å². The van der Waals surface area contributed by atoms with Gasteiger partial charge in [-0.25, -0.2) is 4.39 Å². The number of piperidine rings is 1. The molecule has 2 N–H and O–H groups in total. The van der Waals surface area contributed by atoms with Gasteiger partial charge in [-0.1, -0.05) is 6.07 Å². The largest absolute Gasteiger partial charge is 0.369 e. The Morgan fingerprint density at radius 2 is 2.17 bits per heavy atom. The van der Waals surface area contributed by atoms with Gasteiger partial charge in [-0.15, -0.1) is 10.2 Å². The van der Waals surface area contributed by atoms with Crippen LogP contribution in [-0.4, -0.2) is 53.3 Å². The molecule has 0 aliphatic carbocycles. The second-order valence-electron chi connectivity index (χ2n) is 7.65. The number of rotatable bonds is 5. The SMILES string of the molecule is CN=C(NCCc1nnc2ccccn12)NC1CCCN(c2ccc(F)cc2C)C1. The second-order valence-corrected chi connectivity index (χ2v) is 7.65. The van der Waals surface area contributed by atoms with Crippen LogP contribution in [-0.2, 0) is 6.42 Å². The standard InChI is InChI=1S/C22H28FN7/c1-16-14-17(23)8-9-19(16)29-12-5-6-18(15-29)26-22(24-2)25-11-10-21-28-27-20-7-3-4-13-30(20)21/h3-4,7-9,13-14,18H,5-6,10-12,15H2,1-2H3,(H2,24,25,26). The minimum absolute atomic E-state index is 0.187. The summed E-state index contributed by atoms with van der Waals surface area (Å²) < 4.78 is 15.5. The minimum atomic E-state index is -0.187. The highest BCUT2D eigenvalue weighted by Crippen LogP contribution is 2.24. The number of aliphatic imine (C=N–C) groups is 1. The minimum Gasteiger partial charge on any atom is -0.369 e. The van der Waals surface area contributed by atoms with E-state index in [4.69, 9.17) is 0 Å². The first-order chi connectivity index (χ1) is 14.6. The van der Waals surface area contributed by atoms with Gasteiger partial charge < -0.3 is 15.5 Å². The van der Waals surface area contributed by atoms with E-state index in [0.29, 0.717) is 6.54 Å². The number of halogens is 1. The number of benzene rings is 1. The van der Waals surface area contributed by atoms with Crippen molar-refractivity contribution in [3.63, 3.8) is 0 Å². The molecule has 0 spiro atoms. The van der Waals surface area contributed by atoms with Crippen molar-refractivity contribution < 1.29 is 4.39 Å². The van der Waals surface area contributed by atoms with Crippen molar-refractivity contribution >= 4 is 17.3 Å². The van der Waals surface area contributed by atoms with Crippen molar-refractivity contribution in [3.05, 3.63) is 59.8 Å². The Morgan fingerprint density at radius 3 is 3.00 bits per heavy atom. The predicted molar refractivity (Wildman–Crippen MR) is 118 cm³/mol. The van der Waals surface area contributed by atoms with E-state index in [2.05, 4.69) is 30.7 Å². The Labute approximate surface area is 176 Å². The average Bonchev–Trinajstić information content (AvgIpc) is 3.16. The van der Waals surface area contributed by atoms with Crippen LogP contribution in [0, 0.1) is 12.7 Å². The lowest BCUT2D eigenvalue weighted by molar-refractivity contribution is 0.467. The van der Waals surface area contributed by atoms with Gasteiger partial charge in [0.05, 0.1) is 0 Å². The summed E-state index contributed by atoms with van der Waals surface area (Å²) in [4.78, 5) is 6.70. The summed E-state index contributed by atoms with van der Waals surface area (Å²) >= 11 is 0. The monoisotopic (exact) mass is 409 g/mol. The Hall–Kier alpha value is -3.16. The summed E-state index contributed by atoms with van der Waals surface area (Å²) in [6.07, 6.45) is 4.88. The van der Waals surface area contributed by atoms with Crippen LogP contribution in [0.5, 0.6) is 0 Å². The molecule has 1 fully saturated rings. The summed E-state index contributed by atoms with van der Waals surface area (Å²) in [7, 11) is 1.78. The third kappa shape index (κ3) is 4.53. The van der Waals surface area contributed by atoms with Crippen molar-refractivity contribution in [1.29, 1.82) is 0 Å². The highest BCUT2D eigenvalue weighted by atomic mass is 19.1. The number of guanidine groups is 1. The molecule has 1 aliphatic rings. The predicted octanol–water partition coefficient (Wildman–Crippen LogP) is 2.55. The summed E-state index contributed by atoms with van der Waals surface area (Å²) in [5.41, 5.74) is 2.93. The molecule has 3 aromatic rings. The molecule has 0 amide bonds. The molecule has 3 heterocycles. The fraction of sp³-hybridized carbons (Fsp3) is 0.409. The maximum absolute atomic E-state index is 13.5. The van der Waals surface area contributed by atoms with Crippen molar-refractivity contribution in [2.24, 2.45) is 4.99 Å². The lowest BCUT2D eigenvalue weighted by atomic mass is 10.0. The Kier molecular flexibility index (Phi) is 6.11. The first-order valence-electron chi connectivity index (χ1n) is 10.4. The lowest BCUT2D eigenvalue weighted by Crippen LogP contribution is -2.51. The third-order valence-electron chi connectivity index (χ3n) is 5.51.